The summed E-state index contributed by atoms with van der Waals surface area (Å²) in [6.07, 6.45) is 0.567. The molecule has 2 unspecified atom stereocenters. The number of hydrogen-bond acceptors (Lipinski definition) is 3. The average molecular weight is 309 g/mol. The van der Waals surface area contributed by atoms with Gasteiger partial charge >= 0.3 is 6.18 Å². The molecule has 2 atom stereocenters. The lowest BCUT2D eigenvalue weighted by Crippen LogP contribution is -2.37. The number of rotatable bonds is 1. The summed E-state index contributed by atoms with van der Waals surface area (Å²) in [4.78, 5) is 8.70. The van der Waals surface area contributed by atoms with E-state index in [-0.39, 0.29) is 23.4 Å². The van der Waals surface area contributed by atoms with Gasteiger partial charge in [-0.1, -0.05) is 37.5 Å². The molecule has 1 heterocycles. The van der Waals surface area contributed by atoms with Gasteiger partial charge in [-0.3, -0.25) is 4.99 Å². The van der Waals surface area contributed by atoms with E-state index < -0.39 is 11.7 Å². The maximum atomic E-state index is 13.2. The molecular weight excluding hydrogens is 291 g/mol. The van der Waals surface area contributed by atoms with Gasteiger partial charge in [-0.15, -0.1) is 0 Å². The van der Waals surface area contributed by atoms with Crippen LogP contribution in [0.2, 0.25) is 0 Å². The predicted molar refractivity (Wildman–Crippen MR) is 80.0 cm³/mol. The van der Waals surface area contributed by atoms with E-state index in [0.29, 0.717) is 5.84 Å². The Bertz CT molecular complexity index is 619. The Kier molecular flexibility index (Phi) is 3.93. The average Bonchev–Trinajstić information content (AvgIpc) is 2.72. The molecule has 6 heteroatoms. The van der Waals surface area contributed by atoms with Gasteiger partial charge in [0.25, 0.3) is 0 Å². The SMILES string of the molecule is NC1=NC(c2ccccc2C(F)(F)F)=NC2CCCCCC12. The van der Waals surface area contributed by atoms with Crippen molar-refractivity contribution in [2.24, 2.45) is 21.6 Å². The van der Waals surface area contributed by atoms with Crippen LogP contribution in [0.15, 0.2) is 34.3 Å². The molecule has 3 rings (SSSR count). The molecule has 0 bridgehead atoms. The van der Waals surface area contributed by atoms with E-state index in [1.165, 1.54) is 12.1 Å². The molecule has 1 aromatic carbocycles. The van der Waals surface area contributed by atoms with E-state index in [1.54, 1.807) is 6.07 Å². The van der Waals surface area contributed by atoms with Crippen LogP contribution in [-0.4, -0.2) is 17.7 Å². The Morgan fingerprint density at radius 3 is 2.55 bits per heavy atom. The minimum atomic E-state index is -4.43. The molecule has 0 saturated heterocycles. The molecule has 0 amide bonds. The zero-order valence-electron chi connectivity index (χ0n) is 12.1. The molecular formula is C16H18F3N3. The third-order valence-electron chi connectivity index (χ3n) is 4.36. The van der Waals surface area contributed by atoms with Gasteiger partial charge in [0.2, 0.25) is 0 Å². The van der Waals surface area contributed by atoms with Crippen LogP contribution in [0.1, 0.15) is 43.2 Å². The monoisotopic (exact) mass is 309 g/mol. The van der Waals surface area contributed by atoms with Crippen molar-refractivity contribution in [3.63, 3.8) is 0 Å². The normalized spacial score (nSPS) is 25.8. The molecule has 0 aromatic heterocycles. The van der Waals surface area contributed by atoms with E-state index in [4.69, 9.17) is 5.73 Å². The second kappa shape index (κ2) is 5.74. The van der Waals surface area contributed by atoms with Gasteiger partial charge in [-0.2, -0.15) is 13.2 Å². The number of nitrogens with two attached hydrogens (primary N) is 1. The first-order chi connectivity index (χ1) is 10.5. The van der Waals surface area contributed by atoms with Crippen LogP contribution in [-0.2, 0) is 6.18 Å². The van der Waals surface area contributed by atoms with Crippen molar-refractivity contribution in [1.82, 2.24) is 0 Å². The fourth-order valence-electron chi connectivity index (χ4n) is 3.23. The number of fused-ring (bicyclic) bond motifs is 1. The van der Waals surface area contributed by atoms with Gasteiger partial charge in [0.1, 0.15) is 5.84 Å². The number of hydrogen-bond donors (Lipinski definition) is 1. The fourth-order valence-corrected chi connectivity index (χ4v) is 3.23. The van der Waals surface area contributed by atoms with Crippen molar-refractivity contribution in [2.75, 3.05) is 0 Å². The predicted octanol–water partition coefficient (Wildman–Crippen LogP) is 3.77. The van der Waals surface area contributed by atoms with E-state index in [0.717, 1.165) is 38.2 Å². The number of halogens is 3. The number of aliphatic imine (C=N–C) groups is 2. The number of nitrogens with zero attached hydrogens (tertiary/aromatic N) is 2. The standard InChI is InChI=1S/C16H18F3N3/c17-16(18,19)12-8-5-4-6-10(12)15-21-13-9-3-1-2-7-11(13)14(20)22-15/h4-6,8,11,13H,1-3,7,9H2,(H2,20,21,22). The maximum Gasteiger partial charge on any atom is 0.417 e. The highest BCUT2D eigenvalue weighted by atomic mass is 19.4. The van der Waals surface area contributed by atoms with Crippen molar-refractivity contribution in [3.8, 4) is 0 Å². The summed E-state index contributed by atoms with van der Waals surface area (Å²) in [7, 11) is 0. The van der Waals surface area contributed by atoms with E-state index >= 15 is 0 Å². The maximum absolute atomic E-state index is 13.2. The summed E-state index contributed by atoms with van der Waals surface area (Å²) in [6, 6.07) is 5.37. The highest BCUT2D eigenvalue weighted by Crippen LogP contribution is 2.34. The minimum absolute atomic E-state index is 0.0145. The topological polar surface area (TPSA) is 50.7 Å². The van der Waals surface area contributed by atoms with Gasteiger partial charge in [-0.25, -0.2) is 4.99 Å². The summed E-state index contributed by atoms with van der Waals surface area (Å²) in [6.45, 7) is 0. The van der Waals surface area contributed by atoms with Gasteiger partial charge in [0.05, 0.1) is 11.6 Å². The van der Waals surface area contributed by atoms with Crippen LogP contribution < -0.4 is 5.73 Å². The van der Waals surface area contributed by atoms with Gasteiger partial charge in [0, 0.05) is 11.5 Å². The smallest absolute Gasteiger partial charge is 0.387 e. The first kappa shape index (κ1) is 15.1. The number of alkyl halides is 3. The summed E-state index contributed by atoms with van der Waals surface area (Å²) in [5, 5.41) is 0. The zero-order chi connectivity index (χ0) is 15.7. The van der Waals surface area contributed by atoms with Crippen LogP contribution >= 0.6 is 0 Å². The molecule has 1 aliphatic heterocycles. The molecule has 2 aliphatic rings. The van der Waals surface area contributed by atoms with E-state index in [9.17, 15) is 13.2 Å². The summed E-state index contributed by atoms with van der Waals surface area (Å²) < 4.78 is 39.5. The lowest BCUT2D eigenvalue weighted by atomic mass is 9.92. The van der Waals surface area contributed by atoms with Gasteiger partial charge in [-0.05, 0) is 18.9 Å². The molecule has 22 heavy (non-hydrogen) atoms. The van der Waals surface area contributed by atoms with Crippen molar-refractivity contribution in [3.05, 3.63) is 35.4 Å². The highest BCUT2D eigenvalue weighted by Gasteiger charge is 2.36. The first-order valence-electron chi connectivity index (χ1n) is 7.55. The third-order valence-corrected chi connectivity index (χ3v) is 4.36. The second-order valence-electron chi connectivity index (χ2n) is 5.84. The van der Waals surface area contributed by atoms with Crippen LogP contribution in [0, 0.1) is 5.92 Å². The van der Waals surface area contributed by atoms with Crippen molar-refractivity contribution in [1.29, 1.82) is 0 Å². The molecule has 0 radical (unpaired) electrons. The van der Waals surface area contributed by atoms with Crippen molar-refractivity contribution < 1.29 is 13.2 Å². The number of amidine groups is 2. The summed E-state index contributed by atoms with van der Waals surface area (Å²) in [5.41, 5.74) is 5.34. The first-order valence-corrected chi connectivity index (χ1v) is 7.55. The minimum Gasteiger partial charge on any atom is -0.387 e. The third kappa shape index (κ3) is 2.87. The quantitative estimate of drug-likeness (QED) is 0.843. The molecule has 1 aromatic rings. The Balaban J connectivity index is 2.02. The molecule has 1 fully saturated rings. The van der Waals surface area contributed by atoms with Gasteiger partial charge in [0.15, 0.2) is 5.84 Å². The largest absolute Gasteiger partial charge is 0.417 e. The molecule has 2 N–H and O–H groups in total. The lowest BCUT2D eigenvalue weighted by Gasteiger charge is -2.26. The Morgan fingerprint density at radius 2 is 1.77 bits per heavy atom. The van der Waals surface area contributed by atoms with Crippen molar-refractivity contribution in [2.45, 2.75) is 44.3 Å². The molecule has 0 spiro atoms. The van der Waals surface area contributed by atoms with Crippen LogP contribution in [0.25, 0.3) is 0 Å². The van der Waals surface area contributed by atoms with E-state index in [2.05, 4.69) is 9.98 Å². The Morgan fingerprint density at radius 1 is 1.05 bits per heavy atom. The van der Waals surface area contributed by atoms with Crippen molar-refractivity contribution >= 4 is 11.7 Å². The summed E-state index contributed by atoms with van der Waals surface area (Å²) >= 11 is 0. The highest BCUT2D eigenvalue weighted by molar-refractivity contribution is 6.09. The van der Waals surface area contributed by atoms with Crippen LogP contribution in [0.3, 0.4) is 0 Å². The van der Waals surface area contributed by atoms with Crippen LogP contribution in [0.4, 0.5) is 13.2 Å². The van der Waals surface area contributed by atoms with Crippen LogP contribution in [0.5, 0.6) is 0 Å². The Labute approximate surface area is 127 Å². The summed E-state index contributed by atoms with van der Waals surface area (Å²) in [5.74, 6) is 0.617. The fraction of sp³-hybridized carbons (Fsp3) is 0.500. The molecule has 1 saturated carbocycles. The second-order valence-corrected chi connectivity index (χ2v) is 5.84. The number of benzene rings is 1. The Hall–Kier alpha value is -1.85. The lowest BCUT2D eigenvalue weighted by molar-refractivity contribution is -0.137. The molecule has 3 nitrogen and oxygen atoms in total. The van der Waals surface area contributed by atoms with E-state index in [1.807, 2.05) is 0 Å². The molecule has 118 valence electrons. The molecule has 1 aliphatic carbocycles. The zero-order valence-corrected chi connectivity index (χ0v) is 12.1. The van der Waals surface area contributed by atoms with Gasteiger partial charge < -0.3 is 5.73 Å².